The molecule has 0 aromatic carbocycles. The van der Waals surface area contributed by atoms with Gasteiger partial charge in [0.15, 0.2) is 0 Å². The number of hydrogen-bond acceptors (Lipinski definition) is 4. The molecule has 0 saturated carbocycles. The molecule has 1 fully saturated rings. The van der Waals surface area contributed by atoms with Crippen LogP contribution >= 0.6 is 0 Å². The molecule has 0 N–H and O–H groups in total. The van der Waals surface area contributed by atoms with Crippen LogP contribution in [0.1, 0.15) is 5.69 Å². The Hall–Kier alpha value is -2.18. The van der Waals surface area contributed by atoms with Crippen molar-refractivity contribution in [3.63, 3.8) is 0 Å². The summed E-state index contributed by atoms with van der Waals surface area (Å²) < 4.78 is 9.85. The predicted molar refractivity (Wildman–Crippen MR) is 82.4 cm³/mol. The molecule has 0 bridgehead atoms. The zero-order valence-corrected chi connectivity index (χ0v) is 12.4. The van der Waals surface area contributed by atoms with Gasteiger partial charge >= 0.3 is 0 Å². The molecular weight excluding hydrogens is 278 g/mol. The van der Waals surface area contributed by atoms with E-state index in [1.165, 1.54) is 0 Å². The first-order valence-electron chi connectivity index (χ1n) is 7.61. The van der Waals surface area contributed by atoms with Crippen molar-refractivity contribution in [2.75, 3.05) is 19.7 Å². The van der Waals surface area contributed by atoms with Crippen LogP contribution in [0.3, 0.4) is 0 Å². The number of rotatable bonds is 4. The molecule has 4 rings (SSSR count). The topological polar surface area (TPSA) is 47.6 Å². The van der Waals surface area contributed by atoms with E-state index in [1.54, 1.807) is 6.20 Å². The fourth-order valence-corrected chi connectivity index (χ4v) is 2.94. The van der Waals surface area contributed by atoms with Crippen LogP contribution in [-0.4, -0.2) is 49.9 Å². The summed E-state index contributed by atoms with van der Waals surface area (Å²) in [5, 5.41) is 4.25. The predicted octanol–water partition coefficient (Wildman–Crippen LogP) is 1.43. The van der Waals surface area contributed by atoms with E-state index >= 15 is 0 Å². The van der Waals surface area contributed by atoms with Crippen LogP contribution in [-0.2, 0) is 17.8 Å². The number of nitrogens with zero attached hydrogens (tertiary/aromatic N) is 5. The van der Waals surface area contributed by atoms with Gasteiger partial charge < -0.3 is 9.14 Å². The van der Waals surface area contributed by atoms with Crippen molar-refractivity contribution in [1.29, 1.82) is 0 Å². The fraction of sp³-hybridized carbons (Fsp3) is 0.375. The van der Waals surface area contributed by atoms with Gasteiger partial charge in [-0.3, -0.25) is 9.58 Å². The Morgan fingerprint density at radius 3 is 3.09 bits per heavy atom. The van der Waals surface area contributed by atoms with Gasteiger partial charge in [0, 0.05) is 44.4 Å². The Labute approximate surface area is 128 Å². The first kappa shape index (κ1) is 13.5. The minimum Gasteiger partial charge on any atom is -0.374 e. The lowest BCUT2D eigenvalue weighted by atomic mass is 10.2. The molecule has 1 unspecified atom stereocenters. The lowest BCUT2D eigenvalue weighted by Crippen LogP contribution is -2.43. The minimum atomic E-state index is 0.186. The number of hydrogen-bond donors (Lipinski definition) is 0. The molecular formula is C16H19N5O. The highest BCUT2D eigenvalue weighted by Gasteiger charge is 2.21. The Morgan fingerprint density at radius 1 is 1.23 bits per heavy atom. The van der Waals surface area contributed by atoms with E-state index in [0.29, 0.717) is 0 Å². The van der Waals surface area contributed by atoms with E-state index in [0.717, 1.165) is 44.1 Å². The zero-order valence-electron chi connectivity index (χ0n) is 12.4. The van der Waals surface area contributed by atoms with Gasteiger partial charge in [-0.1, -0.05) is 6.07 Å². The van der Waals surface area contributed by atoms with Crippen LogP contribution in [0.15, 0.2) is 49.1 Å². The van der Waals surface area contributed by atoms with E-state index in [9.17, 15) is 0 Å². The van der Waals surface area contributed by atoms with Crippen LogP contribution in [0.4, 0.5) is 0 Å². The molecule has 6 nitrogen and oxygen atoms in total. The maximum Gasteiger partial charge on any atom is 0.137 e. The van der Waals surface area contributed by atoms with Crippen LogP contribution in [0, 0.1) is 0 Å². The van der Waals surface area contributed by atoms with Gasteiger partial charge in [0.2, 0.25) is 0 Å². The van der Waals surface area contributed by atoms with Crippen molar-refractivity contribution in [3.8, 4) is 0 Å². The third-order valence-corrected chi connectivity index (χ3v) is 3.97. The number of aromatic nitrogens is 4. The van der Waals surface area contributed by atoms with Crippen molar-refractivity contribution in [2.45, 2.75) is 19.2 Å². The van der Waals surface area contributed by atoms with E-state index in [1.807, 2.05) is 41.3 Å². The van der Waals surface area contributed by atoms with Crippen molar-refractivity contribution >= 4 is 5.65 Å². The summed E-state index contributed by atoms with van der Waals surface area (Å²) in [6.45, 7) is 4.28. The van der Waals surface area contributed by atoms with Gasteiger partial charge in [-0.15, -0.1) is 0 Å². The lowest BCUT2D eigenvalue weighted by molar-refractivity contribution is -0.0405. The first-order chi connectivity index (χ1) is 10.9. The average Bonchev–Trinajstić information content (AvgIpc) is 3.16. The molecule has 0 radical (unpaired) electrons. The average molecular weight is 297 g/mol. The van der Waals surface area contributed by atoms with Crippen molar-refractivity contribution in [3.05, 3.63) is 54.7 Å². The van der Waals surface area contributed by atoms with E-state index < -0.39 is 0 Å². The highest BCUT2D eigenvalue weighted by Crippen LogP contribution is 2.12. The molecule has 0 amide bonds. The summed E-state index contributed by atoms with van der Waals surface area (Å²) in [6, 6.07) is 8.01. The molecule has 1 saturated heterocycles. The van der Waals surface area contributed by atoms with Crippen molar-refractivity contribution in [2.24, 2.45) is 0 Å². The molecule has 0 spiro atoms. The van der Waals surface area contributed by atoms with Crippen molar-refractivity contribution in [1.82, 2.24) is 24.1 Å². The molecule has 6 heteroatoms. The number of imidazole rings is 1. The Kier molecular flexibility index (Phi) is 3.62. The fourth-order valence-electron chi connectivity index (χ4n) is 2.94. The smallest absolute Gasteiger partial charge is 0.137 e. The van der Waals surface area contributed by atoms with Gasteiger partial charge in [0.25, 0.3) is 0 Å². The van der Waals surface area contributed by atoms with Crippen LogP contribution in [0.5, 0.6) is 0 Å². The second kappa shape index (κ2) is 5.90. The van der Waals surface area contributed by atoms with Crippen molar-refractivity contribution < 1.29 is 4.74 Å². The Morgan fingerprint density at radius 2 is 2.23 bits per heavy atom. The van der Waals surface area contributed by atoms with E-state index in [2.05, 4.69) is 25.6 Å². The largest absolute Gasteiger partial charge is 0.374 e. The highest BCUT2D eigenvalue weighted by atomic mass is 16.5. The SMILES string of the molecule is c1ccn2cc(CN3CCOC(Cn4cccn4)C3)nc2c1. The molecule has 3 aromatic rings. The van der Waals surface area contributed by atoms with Gasteiger partial charge in [-0.25, -0.2) is 4.98 Å². The summed E-state index contributed by atoms with van der Waals surface area (Å²) in [5.74, 6) is 0. The monoisotopic (exact) mass is 297 g/mol. The van der Waals surface area contributed by atoms with Gasteiger partial charge in [0.05, 0.1) is 24.9 Å². The van der Waals surface area contributed by atoms with E-state index in [4.69, 9.17) is 4.74 Å². The number of morpholine rings is 1. The second-order valence-corrected chi connectivity index (χ2v) is 5.65. The quantitative estimate of drug-likeness (QED) is 0.731. The third-order valence-electron chi connectivity index (χ3n) is 3.97. The highest BCUT2D eigenvalue weighted by molar-refractivity contribution is 5.39. The van der Waals surface area contributed by atoms with Crippen LogP contribution in [0.25, 0.3) is 5.65 Å². The molecule has 1 aliphatic heterocycles. The molecule has 4 heterocycles. The minimum absolute atomic E-state index is 0.186. The van der Waals surface area contributed by atoms with Gasteiger partial charge in [-0.05, 0) is 18.2 Å². The van der Waals surface area contributed by atoms with Crippen LogP contribution in [0.2, 0.25) is 0 Å². The lowest BCUT2D eigenvalue weighted by Gasteiger charge is -2.32. The summed E-state index contributed by atoms with van der Waals surface area (Å²) >= 11 is 0. The third kappa shape index (κ3) is 2.88. The standard InChI is InChI=1S/C16H19N5O/c1-2-6-20-11-14(18-16(20)4-1)10-19-8-9-22-15(12-19)13-21-7-3-5-17-21/h1-7,11,15H,8-10,12-13H2. The Balaban J connectivity index is 1.41. The number of pyridine rings is 1. The van der Waals surface area contributed by atoms with Gasteiger partial charge in [0.1, 0.15) is 5.65 Å². The normalized spacial score (nSPS) is 19.7. The second-order valence-electron chi connectivity index (χ2n) is 5.65. The molecule has 22 heavy (non-hydrogen) atoms. The Bertz CT molecular complexity index is 703. The summed E-state index contributed by atoms with van der Waals surface area (Å²) in [4.78, 5) is 7.07. The first-order valence-corrected chi connectivity index (χ1v) is 7.61. The van der Waals surface area contributed by atoms with E-state index in [-0.39, 0.29) is 6.10 Å². The molecule has 3 aromatic heterocycles. The maximum atomic E-state index is 5.85. The number of ether oxygens (including phenoxy) is 1. The van der Waals surface area contributed by atoms with Crippen LogP contribution < -0.4 is 0 Å². The maximum absolute atomic E-state index is 5.85. The van der Waals surface area contributed by atoms with Gasteiger partial charge in [-0.2, -0.15) is 5.10 Å². The molecule has 1 atom stereocenters. The summed E-state index contributed by atoms with van der Waals surface area (Å²) in [7, 11) is 0. The molecule has 114 valence electrons. The summed E-state index contributed by atoms with van der Waals surface area (Å²) in [6.07, 6.45) is 8.10. The molecule has 1 aliphatic rings. The zero-order chi connectivity index (χ0) is 14.8. The molecule has 0 aliphatic carbocycles. The summed E-state index contributed by atoms with van der Waals surface area (Å²) in [5.41, 5.74) is 2.10. The number of fused-ring (bicyclic) bond motifs is 1.